The number of likely N-dealkylation sites (N-methyl/N-ethyl adjacent to an activating group) is 1. The van der Waals surface area contributed by atoms with E-state index in [9.17, 15) is 0 Å². The SMILES string of the molecule is CC(c1cccc(Cl)c1)N(C)CC(N)=S. The third kappa shape index (κ3) is 3.78. The summed E-state index contributed by atoms with van der Waals surface area (Å²) in [7, 11) is 1.99. The Morgan fingerprint density at radius 3 is 2.80 bits per heavy atom. The van der Waals surface area contributed by atoms with Gasteiger partial charge in [-0.15, -0.1) is 0 Å². The van der Waals surface area contributed by atoms with E-state index >= 15 is 0 Å². The maximum absolute atomic E-state index is 5.93. The van der Waals surface area contributed by atoms with Crippen molar-refractivity contribution in [2.75, 3.05) is 13.6 Å². The van der Waals surface area contributed by atoms with Crippen molar-refractivity contribution in [1.29, 1.82) is 0 Å². The molecule has 0 aliphatic carbocycles. The molecule has 4 heteroatoms. The molecule has 0 saturated heterocycles. The van der Waals surface area contributed by atoms with Gasteiger partial charge in [-0.05, 0) is 31.7 Å². The van der Waals surface area contributed by atoms with E-state index in [4.69, 9.17) is 29.6 Å². The first-order valence-electron chi connectivity index (χ1n) is 4.74. The average Bonchev–Trinajstić information content (AvgIpc) is 2.15. The fourth-order valence-electron chi connectivity index (χ4n) is 1.40. The van der Waals surface area contributed by atoms with E-state index < -0.39 is 0 Å². The standard InChI is InChI=1S/C11H15ClN2S/c1-8(14(2)7-11(13)15)9-4-3-5-10(12)6-9/h3-6,8H,7H2,1-2H3,(H2,13,15). The predicted octanol–water partition coefficient (Wildman–Crippen LogP) is 2.62. The molecule has 1 atom stereocenters. The largest absolute Gasteiger partial charge is 0.392 e. The molecule has 1 rings (SSSR count). The highest BCUT2D eigenvalue weighted by Gasteiger charge is 2.12. The molecule has 0 saturated carbocycles. The Morgan fingerprint density at radius 2 is 2.27 bits per heavy atom. The summed E-state index contributed by atoms with van der Waals surface area (Å²) in [6, 6.07) is 8.08. The molecular formula is C11H15ClN2S. The van der Waals surface area contributed by atoms with Gasteiger partial charge < -0.3 is 5.73 Å². The van der Waals surface area contributed by atoms with E-state index in [1.54, 1.807) is 0 Å². The number of hydrogen-bond donors (Lipinski definition) is 1. The summed E-state index contributed by atoms with van der Waals surface area (Å²) in [4.78, 5) is 2.60. The van der Waals surface area contributed by atoms with Crippen LogP contribution in [0.3, 0.4) is 0 Å². The van der Waals surface area contributed by atoms with Crippen molar-refractivity contribution in [3.8, 4) is 0 Å². The number of halogens is 1. The van der Waals surface area contributed by atoms with Crippen LogP contribution in [0.25, 0.3) is 0 Å². The van der Waals surface area contributed by atoms with Crippen LogP contribution >= 0.6 is 23.8 Å². The van der Waals surface area contributed by atoms with Crippen molar-refractivity contribution >= 4 is 28.8 Å². The molecule has 1 aromatic rings. The van der Waals surface area contributed by atoms with Gasteiger partial charge in [0.05, 0.1) is 4.99 Å². The van der Waals surface area contributed by atoms with Gasteiger partial charge in [-0.2, -0.15) is 0 Å². The topological polar surface area (TPSA) is 29.3 Å². The summed E-state index contributed by atoms with van der Waals surface area (Å²) < 4.78 is 0. The van der Waals surface area contributed by atoms with E-state index in [0.29, 0.717) is 11.5 Å². The average molecular weight is 243 g/mol. The maximum atomic E-state index is 5.93. The summed E-state index contributed by atoms with van der Waals surface area (Å²) in [5.74, 6) is 0. The second-order valence-corrected chi connectivity index (χ2v) is 4.57. The Balaban J connectivity index is 2.75. The Hall–Kier alpha value is -0.640. The molecule has 1 unspecified atom stereocenters. The lowest BCUT2D eigenvalue weighted by molar-refractivity contribution is 0.299. The number of rotatable bonds is 4. The van der Waals surface area contributed by atoms with Crippen LogP contribution in [0.4, 0.5) is 0 Å². The third-order valence-corrected chi connectivity index (χ3v) is 2.76. The molecule has 0 bridgehead atoms. The molecule has 0 spiro atoms. The van der Waals surface area contributed by atoms with Gasteiger partial charge in [-0.3, -0.25) is 4.90 Å². The molecule has 2 nitrogen and oxygen atoms in total. The van der Waals surface area contributed by atoms with Crippen LogP contribution in [0, 0.1) is 0 Å². The van der Waals surface area contributed by atoms with Gasteiger partial charge in [0.2, 0.25) is 0 Å². The molecule has 0 amide bonds. The van der Waals surface area contributed by atoms with E-state index in [1.807, 2.05) is 31.3 Å². The van der Waals surface area contributed by atoms with Crippen molar-refractivity contribution in [3.63, 3.8) is 0 Å². The molecule has 0 fully saturated rings. The number of nitrogens with two attached hydrogens (primary N) is 1. The molecule has 2 N–H and O–H groups in total. The predicted molar refractivity (Wildman–Crippen MR) is 69.3 cm³/mol. The van der Waals surface area contributed by atoms with Gasteiger partial charge in [-0.1, -0.05) is 36.0 Å². The Labute approximate surface area is 101 Å². The van der Waals surface area contributed by atoms with Gasteiger partial charge in [0.25, 0.3) is 0 Å². The first kappa shape index (κ1) is 12.4. The van der Waals surface area contributed by atoms with Crippen LogP contribution in [0.5, 0.6) is 0 Å². The quantitative estimate of drug-likeness (QED) is 0.824. The highest BCUT2D eigenvalue weighted by atomic mass is 35.5. The molecule has 82 valence electrons. The first-order chi connectivity index (χ1) is 7.00. The van der Waals surface area contributed by atoms with E-state index in [-0.39, 0.29) is 6.04 Å². The third-order valence-electron chi connectivity index (χ3n) is 2.40. The minimum absolute atomic E-state index is 0.255. The van der Waals surface area contributed by atoms with Crippen LogP contribution in [0.2, 0.25) is 5.02 Å². The summed E-state index contributed by atoms with van der Waals surface area (Å²) in [5, 5.41) is 0.753. The monoisotopic (exact) mass is 242 g/mol. The minimum atomic E-state index is 0.255. The van der Waals surface area contributed by atoms with Gasteiger partial charge in [0, 0.05) is 17.6 Å². The number of benzene rings is 1. The normalized spacial score (nSPS) is 12.8. The van der Waals surface area contributed by atoms with Crippen LogP contribution in [0.15, 0.2) is 24.3 Å². The number of hydrogen-bond acceptors (Lipinski definition) is 2. The lowest BCUT2D eigenvalue weighted by Crippen LogP contribution is -2.31. The zero-order valence-corrected chi connectivity index (χ0v) is 10.5. The summed E-state index contributed by atoms with van der Waals surface area (Å²) in [5.41, 5.74) is 6.67. The zero-order chi connectivity index (χ0) is 11.4. The molecule has 0 aromatic heterocycles. The molecule has 0 heterocycles. The second kappa shape index (κ2) is 5.45. The number of thiocarbonyl (C=S) groups is 1. The summed E-state index contributed by atoms with van der Waals surface area (Å²) in [6.07, 6.45) is 0. The lowest BCUT2D eigenvalue weighted by atomic mass is 10.1. The van der Waals surface area contributed by atoms with Crippen molar-refractivity contribution in [2.45, 2.75) is 13.0 Å². The van der Waals surface area contributed by atoms with E-state index in [0.717, 1.165) is 5.02 Å². The fourth-order valence-corrected chi connectivity index (χ4v) is 1.81. The first-order valence-corrected chi connectivity index (χ1v) is 5.53. The van der Waals surface area contributed by atoms with Gasteiger partial charge in [-0.25, -0.2) is 0 Å². The zero-order valence-electron chi connectivity index (χ0n) is 8.90. The highest BCUT2D eigenvalue weighted by Crippen LogP contribution is 2.21. The van der Waals surface area contributed by atoms with Gasteiger partial charge in [0.1, 0.15) is 0 Å². The van der Waals surface area contributed by atoms with Gasteiger partial charge in [0.15, 0.2) is 0 Å². The fraction of sp³-hybridized carbons (Fsp3) is 0.364. The van der Waals surface area contributed by atoms with Crippen LogP contribution in [-0.4, -0.2) is 23.5 Å². The van der Waals surface area contributed by atoms with Crippen LogP contribution in [0.1, 0.15) is 18.5 Å². The van der Waals surface area contributed by atoms with Crippen molar-refractivity contribution in [1.82, 2.24) is 4.90 Å². The molecule has 0 aliphatic rings. The Kier molecular flexibility index (Phi) is 4.51. The smallest absolute Gasteiger partial charge is 0.0870 e. The van der Waals surface area contributed by atoms with Gasteiger partial charge >= 0.3 is 0 Å². The second-order valence-electron chi connectivity index (χ2n) is 3.61. The minimum Gasteiger partial charge on any atom is -0.392 e. The number of nitrogens with zero attached hydrogens (tertiary/aromatic N) is 1. The highest BCUT2D eigenvalue weighted by molar-refractivity contribution is 7.80. The molecule has 0 aliphatic heterocycles. The maximum Gasteiger partial charge on any atom is 0.0870 e. The molecule has 1 aromatic carbocycles. The summed E-state index contributed by atoms with van der Waals surface area (Å²) in [6.45, 7) is 2.72. The van der Waals surface area contributed by atoms with E-state index in [1.165, 1.54) is 5.56 Å². The molecular weight excluding hydrogens is 228 g/mol. The molecule has 0 radical (unpaired) electrons. The van der Waals surface area contributed by atoms with Crippen molar-refractivity contribution in [2.24, 2.45) is 5.73 Å². The lowest BCUT2D eigenvalue weighted by Gasteiger charge is -2.24. The van der Waals surface area contributed by atoms with Crippen molar-refractivity contribution < 1.29 is 0 Å². The Bertz CT molecular complexity index is 354. The van der Waals surface area contributed by atoms with Crippen LogP contribution in [-0.2, 0) is 0 Å². The van der Waals surface area contributed by atoms with Crippen molar-refractivity contribution in [3.05, 3.63) is 34.9 Å². The molecule has 15 heavy (non-hydrogen) atoms. The van der Waals surface area contributed by atoms with Crippen LogP contribution < -0.4 is 5.73 Å². The summed E-state index contributed by atoms with van der Waals surface area (Å²) >= 11 is 10.8. The van der Waals surface area contributed by atoms with E-state index in [2.05, 4.69) is 11.8 Å². The Morgan fingerprint density at radius 1 is 1.60 bits per heavy atom.